The van der Waals surface area contributed by atoms with E-state index in [1.54, 1.807) is 0 Å². The van der Waals surface area contributed by atoms with Gasteiger partial charge in [0.2, 0.25) is 5.28 Å². The standard InChI is InChI=1S/C29H17ClN2O2/c1-16-25(21-12-6-10-19-17-8-2-4-14-23(17)33-27(19)21)31-29(30)32-26(16)22-13-7-11-20-18-9-3-5-15-24(18)34-28(20)22/h2-15H,1H3. The van der Waals surface area contributed by atoms with Crippen LogP contribution in [0.25, 0.3) is 66.4 Å². The second kappa shape index (κ2) is 7.17. The van der Waals surface area contributed by atoms with Gasteiger partial charge in [0.25, 0.3) is 0 Å². The second-order valence-corrected chi connectivity index (χ2v) is 8.71. The Bertz CT molecular complexity index is 1760. The van der Waals surface area contributed by atoms with Crippen LogP contribution in [-0.2, 0) is 0 Å². The van der Waals surface area contributed by atoms with Crippen molar-refractivity contribution < 1.29 is 8.83 Å². The quantitative estimate of drug-likeness (QED) is 0.242. The number of fused-ring (bicyclic) bond motifs is 6. The Balaban J connectivity index is 1.52. The number of para-hydroxylation sites is 4. The van der Waals surface area contributed by atoms with Crippen LogP contribution >= 0.6 is 11.6 Å². The van der Waals surface area contributed by atoms with Gasteiger partial charge in [-0.2, -0.15) is 0 Å². The largest absolute Gasteiger partial charge is 0.455 e. The highest BCUT2D eigenvalue weighted by Gasteiger charge is 2.21. The van der Waals surface area contributed by atoms with E-state index < -0.39 is 0 Å². The lowest BCUT2D eigenvalue weighted by Crippen LogP contribution is -1.98. The molecular formula is C29H17ClN2O2. The number of benzene rings is 4. The summed E-state index contributed by atoms with van der Waals surface area (Å²) >= 11 is 6.50. The molecule has 0 N–H and O–H groups in total. The van der Waals surface area contributed by atoms with Crippen LogP contribution in [0.15, 0.2) is 93.8 Å². The summed E-state index contributed by atoms with van der Waals surface area (Å²) in [4.78, 5) is 9.27. The van der Waals surface area contributed by atoms with Crippen LogP contribution in [0.3, 0.4) is 0 Å². The van der Waals surface area contributed by atoms with E-state index in [2.05, 4.69) is 34.2 Å². The molecule has 0 aliphatic rings. The van der Waals surface area contributed by atoms with Gasteiger partial charge in [-0.15, -0.1) is 0 Å². The first-order chi connectivity index (χ1) is 16.7. The van der Waals surface area contributed by atoms with Crippen LogP contribution in [0, 0.1) is 6.92 Å². The molecule has 0 fully saturated rings. The summed E-state index contributed by atoms with van der Waals surface area (Å²) < 4.78 is 12.5. The highest BCUT2D eigenvalue weighted by Crippen LogP contribution is 2.41. The van der Waals surface area contributed by atoms with E-state index in [1.807, 2.05) is 67.6 Å². The predicted octanol–water partition coefficient (Wildman–Crippen LogP) is 8.57. The third kappa shape index (κ3) is 2.72. The van der Waals surface area contributed by atoms with Crippen molar-refractivity contribution in [3.05, 3.63) is 95.8 Å². The lowest BCUT2D eigenvalue weighted by molar-refractivity contribution is 0.669. The molecule has 4 aromatic carbocycles. The number of aromatic nitrogens is 2. The number of hydrogen-bond acceptors (Lipinski definition) is 4. The Morgan fingerprint density at radius 3 is 1.50 bits per heavy atom. The van der Waals surface area contributed by atoms with Crippen LogP contribution in [0.4, 0.5) is 0 Å². The fourth-order valence-corrected chi connectivity index (χ4v) is 5.05. The minimum atomic E-state index is 0.178. The fourth-order valence-electron chi connectivity index (χ4n) is 4.88. The topological polar surface area (TPSA) is 52.1 Å². The van der Waals surface area contributed by atoms with E-state index in [9.17, 15) is 0 Å². The molecule has 162 valence electrons. The molecule has 0 aliphatic carbocycles. The van der Waals surface area contributed by atoms with E-state index in [0.29, 0.717) is 0 Å². The molecule has 3 aromatic heterocycles. The van der Waals surface area contributed by atoms with Gasteiger partial charge in [0.05, 0.1) is 11.4 Å². The first-order valence-electron chi connectivity index (χ1n) is 11.0. The van der Waals surface area contributed by atoms with Crippen molar-refractivity contribution in [2.24, 2.45) is 0 Å². The second-order valence-electron chi connectivity index (χ2n) is 8.38. The van der Waals surface area contributed by atoms with Gasteiger partial charge in [-0.05, 0) is 42.8 Å². The average molecular weight is 461 g/mol. The Morgan fingerprint density at radius 2 is 1.00 bits per heavy atom. The lowest BCUT2D eigenvalue weighted by atomic mass is 9.98. The van der Waals surface area contributed by atoms with E-state index in [4.69, 9.17) is 20.4 Å². The maximum absolute atomic E-state index is 6.50. The molecule has 34 heavy (non-hydrogen) atoms. The summed E-state index contributed by atoms with van der Waals surface area (Å²) in [6, 6.07) is 28.3. The number of nitrogens with zero attached hydrogens (tertiary/aromatic N) is 2. The molecule has 0 radical (unpaired) electrons. The lowest BCUT2D eigenvalue weighted by Gasteiger charge is -2.12. The van der Waals surface area contributed by atoms with Gasteiger partial charge in [0, 0.05) is 38.2 Å². The molecule has 0 bridgehead atoms. The normalized spacial score (nSPS) is 11.8. The van der Waals surface area contributed by atoms with Crippen LogP contribution in [-0.4, -0.2) is 9.97 Å². The molecular weight excluding hydrogens is 444 g/mol. The molecule has 7 rings (SSSR count). The number of hydrogen-bond donors (Lipinski definition) is 0. The summed E-state index contributed by atoms with van der Waals surface area (Å²) in [5.74, 6) is 0. The maximum atomic E-state index is 6.50. The highest BCUT2D eigenvalue weighted by molar-refractivity contribution is 6.28. The molecule has 0 aliphatic heterocycles. The Labute approximate surface area is 199 Å². The van der Waals surface area contributed by atoms with Crippen molar-refractivity contribution in [2.45, 2.75) is 6.92 Å². The third-order valence-corrected chi connectivity index (χ3v) is 6.61. The molecule has 4 nitrogen and oxygen atoms in total. The van der Waals surface area contributed by atoms with E-state index >= 15 is 0 Å². The zero-order valence-corrected chi connectivity index (χ0v) is 18.9. The van der Waals surface area contributed by atoms with Crippen molar-refractivity contribution in [2.75, 3.05) is 0 Å². The molecule has 0 atom stereocenters. The minimum Gasteiger partial charge on any atom is -0.455 e. The molecule has 0 saturated heterocycles. The van der Waals surface area contributed by atoms with Crippen LogP contribution < -0.4 is 0 Å². The zero-order chi connectivity index (χ0) is 22.8. The summed E-state index contributed by atoms with van der Waals surface area (Å²) in [7, 11) is 0. The molecule has 0 spiro atoms. The summed E-state index contributed by atoms with van der Waals surface area (Å²) in [6.07, 6.45) is 0. The molecule has 0 saturated carbocycles. The fraction of sp³-hybridized carbons (Fsp3) is 0.0345. The minimum absolute atomic E-state index is 0.178. The van der Waals surface area contributed by atoms with Crippen molar-refractivity contribution in [1.29, 1.82) is 0 Å². The Kier molecular flexibility index (Phi) is 4.08. The average Bonchev–Trinajstić information content (AvgIpc) is 3.44. The van der Waals surface area contributed by atoms with Crippen molar-refractivity contribution in [3.8, 4) is 22.5 Å². The highest BCUT2D eigenvalue weighted by atomic mass is 35.5. The predicted molar refractivity (Wildman–Crippen MR) is 137 cm³/mol. The first-order valence-corrected chi connectivity index (χ1v) is 11.4. The Hall–Kier alpha value is -4.15. The first kappa shape index (κ1) is 19.3. The molecule has 0 amide bonds. The van der Waals surface area contributed by atoms with Gasteiger partial charge < -0.3 is 8.83 Å². The molecule has 3 heterocycles. The Morgan fingerprint density at radius 1 is 0.559 bits per heavy atom. The van der Waals surface area contributed by atoms with Gasteiger partial charge >= 0.3 is 0 Å². The van der Waals surface area contributed by atoms with Gasteiger partial charge in [0.15, 0.2) is 0 Å². The van der Waals surface area contributed by atoms with E-state index in [0.717, 1.165) is 72.0 Å². The van der Waals surface area contributed by atoms with Crippen molar-refractivity contribution in [1.82, 2.24) is 9.97 Å². The van der Waals surface area contributed by atoms with Crippen molar-refractivity contribution in [3.63, 3.8) is 0 Å². The van der Waals surface area contributed by atoms with Gasteiger partial charge in [-0.25, -0.2) is 9.97 Å². The maximum Gasteiger partial charge on any atom is 0.223 e. The summed E-state index contributed by atoms with van der Waals surface area (Å²) in [5, 5.41) is 4.41. The van der Waals surface area contributed by atoms with Crippen molar-refractivity contribution >= 4 is 55.5 Å². The van der Waals surface area contributed by atoms with Crippen LogP contribution in [0.1, 0.15) is 5.56 Å². The SMILES string of the molecule is Cc1c(-c2cccc3c2oc2ccccc23)nc(Cl)nc1-c1cccc2c1oc1ccccc12. The monoisotopic (exact) mass is 460 g/mol. The van der Waals surface area contributed by atoms with Gasteiger partial charge in [0.1, 0.15) is 22.3 Å². The smallest absolute Gasteiger partial charge is 0.223 e. The number of halogens is 1. The van der Waals surface area contributed by atoms with Crippen LogP contribution in [0.5, 0.6) is 0 Å². The summed E-state index contributed by atoms with van der Waals surface area (Å²) in [5.41, 5.74) is 7.42. The van der Waals surface area contributed by atoms with E-state index in [1.165, 1.54) is 0 Å². The van der Waals surface area contributed by atoms with Gasteiger partial charge in [-0.3, -0.25) is 0 Å². The zero-order valence-electron chi connectivity index (χ0n) is 18.2. The van der Waals surface area contributed by atoms with Crippen LogP contribution in [0.2, 0.25) is 5.28 Å². The number of rotatable bonds is 2. The molecule has 7 aromatic rings. The van der Waals surface area contributed by atoms with Gasteiger partial charge in [-0.1, -0.05) is 60.7 Å². The third-order valence-electron chi connectivity index (χ3n) is 6.44. The summed E-state index contributed by atoms with van der Waals surface area (Å²) in [6.45, 7) is 2.02. The molecule has 0 unspecified atom stereocenters. The van der Waals surface area contributed by atoms with E-state index in [-0.39, 0.29) is 5.28 Å². The molecule has 5 heteroatoms. The number of furan rings is 2.